The van der Waals surface area contributed by atoms with Gasteiger partial charge in [0, 0.05) is 11.1 Å². The van der Waals surface area contributed by atoms with Crippen molar-refractivity contribution in [2.45, 2.75) is 141 Å². The van der Waals surface area contributed by atoms with Gasteiger partial charge >= 0.3 is 0 Å². The molecule has 0 spiro atoms. The third kappa shape index (κ3) is 6.37. The lowest BCUT2D eigenvalue weighted by Crippen LogP contribution is -2.36. The first kappa shape index (κ1) is 29.8. The van der Waals surface area contributed by atoms with E-state index in [-0.39, 0.29) is 17.0 Å². The van der Waals surface area contributed by atoms with Crippen molar-refractivity contribution in [3.63, 3.8) is 0 Å². The zero-order valence-corrected chi connectivity index (χ0v) is 25.6. The zero-order valence-electron chi connectivity index (χ0n) is 25.6. The molecule has 0 aliphatic heterocycles. The second-order valence-corrected chi connectivity index (χ2v) is 14.0. The van der Waals surface area contributed by atoms with Crippen LogP contribution in [0.2, 0.25) is 0 Å². The molecule has 1 unspecified atom stereocenters. The summed E-state index contributed by atoms with van der Waals surface area (Å²) < 4.78 is 31.2. The molecule has 0 aromatic heterocycles. The van der Waals surface area contributed by atoms with Gasteiger partial charge in [-0.1, -0.05) is 103 Å². The van der Waals surface area contributed by atoms with Crippen LogP contribution < -0.4 is 0 Å². The largest absolute Gasteiger partial charge is 0.206 e. The van der Waals surface area contributed by atoms with Gasteiger partial charge in [-0.25, -0.2) is 8.78 Å². The number of benzene rings is 2. The van der Waals surface area contributed by atoms with E-state index < -0.39 is 0 Å². The molecule has 3 aliphatic rings. The van der Waals surface area contributed by atoms with E-state index in [1.807, 2.05) is 12.1 Å². The smallest absolute Gasteiger partial charge is 0.131 e. The molecule has 2 aromatic rings. The Labute approximate surface area is 243 Å². The summed E-state index contributed by atoms with van der Waals surface area (Å²) in [6, 6.07) is 11.4. The monoisotopic (exact) mass is 548 g/mol. The SMILES string of the molecule is CCCC1CCC(C2CCC(c3ccc(-c4ccc(C5(C(C)CCC)CCCCC5)cc4F)c(F)c3)CC2)CC1. The van der Waals surface area contributed by atoms with Crippen LogP contribution in [-0.2, 0) is 5.41 Å². The van der Waals surface area contributed by atoms with Gasteiger partial charge in [-0.3, -0.25) is 0 Å². The molecule has 3 fully saturated rings. The van der Waals surface area contributed by atoms with Gasteiger partial charge in [-0.05, 0) is 110 Å². The third-order valence-electron chi connectivity index (χ3n) is 11.7. The van der Waals surface area contributed by atoms with Crippen LogP contribution in [0.15, 0.2) is 36.4 Å². The third-order valence-corrected chi connectivity index (χ3v) is 11.7. The Kier molecular flexibility index (Phi) is 10.1. The van der Waals surface area contributed by atoms with Crippen LogP contribution in [0.4, 0.5) is 8.78 Å². The minimum Gasteiger partial charge on any atom is -0.206 e. The first-order valence-corrected chi connectivity index (χ1v) is 17.0. The summed E-state index contributed by atoms with van der Waals surface area (Å²) in [5.41, 5.74) is 3.11. The van der Waals surface area contributed by atoms with Crippen LogP contribution in [0.1, 0.15) is 147 Å². The van der Waals surface area contributed by atoms with Crippen LogP contribution in [-0.4, -0.2) is 0 Å². The van der Waals surface area contributed by atoms with Crippen LogP contribution in [0.3, 0.4) is 0 Å². The molecule has 40 heavy (non-hydrogen) atoms. The summed E-state index contributed by atoms with van der Waals surface area (Å²) in [6.07, 6.45) is 21.7. The predicted octanol–water partition coefficient (Wildman–Crippen LogP) is 12.2. The van der Waals surface area contributed by atoms with Crippen molar-refractivity contribution in [2.75, 3.05) is 0 Å². The van der Waals surface area contributed by atoms with Crippen molar-refractivity contribution >= 4 is 0 Å². The fourth-order valence-electron chi connectivity index (χ4n) is 9.29. The Morgan fingerprint density at radius 1 is 0.725 bits per heavy atom. The summed E-state index contributed by atoms with van der Waals surface area (Å²) in [4.78, 5) is 0. The number of halogens is 2. The number of hydrogen-bond donors (Lipinski definition) is 0. The highest BCUT2D eigenvalue weighted by molar-refractivity contribution is 5.66. The maximum atomic E-state index is 15.7. The van der Waals surface area contributed by atoms with Gasteiger partial charge in [0.05, 0.1) is 0 Å². The molecule has 3 aliphatic carbocycles. The topological polar surface area (TPSA) is 0 Å². The Morgan fingerprint density at radius 3 is 1.90 bits per heavy atom. The van der Waals surface area contributed by atoms with Gasteiger partial charge in [0.15, 0.2) is 0 Å². The molecular formula is C38H54F2. The van der Waals surface area contributed by atoms with E-state index in [0.29, 0.717) is 23.0 Å². The highest BCUT2D eigenvalue weighted by Gasteiger charge is 2.39. The van der Waals surface area contributed by atoms with Crippen LogP contribution in [0.5, 0.6) is 0 Å². The highest BCUT2D eigenvalue weighted by Crippen LogP contribution is 2.48. The first-order chi connectivity index (χ1) is 19.4. The van der Waals surface area contributed by atoms with Gasteiger partial charge in [-0.2, -0.15) is 0 Å². The molecule has 5 rings (SSSR count). The van der Waals surface area contributed by atoms with Crippen molar-refractivity contribution in [1.29, 1.82) is 0 Å². The minimum absolute atomic E-state index is 0.0592. The molecular weight excluding hydrogens is 494 g/mol. The van der Waals surface area contributed by atoms with E-state index >= 15 is 8.78 Å². The van der Waals surface area contributed by atoms with Crippen molar-refractivity contribution in [3.8, 4) is 11.1 Å². The molecule has 2 heteroatoms. The van der Waals surface area contributed by atoms with Crippen LogP contribution in [0.25, 0.3) is 11.1 Å². The number of hydrogen-bond acceptors (Lipinski definition) is 0. The standard InChI is InChI=1S/C38H54F2/c1-4-9-27(3)38(23-7-6-8-24-38)33-20-22-35(37(40)26-33)34-21-19-32(25-36(34)39)31-17-15-30(16-18-31)29-13-11-28(10-5-2)12-14-29/h19-22,25-31H,4-18,23-24H2,1-3H3. The Balaban J connectivity index is 1.25. The lowest BCUT2D eigenvalue weighted by Gasteiger charge is -2.43. The normalized spacial score (nSPS) is 27.8. The quantitative estimate of drug-likeness (QED) is 0.292. The van der Waals surface area contributed by atoms with E-state index in [1.54, 1.807) is 12.1 Å². The maximum Gasteiger partial charge on any atom is 0.131 e. The van der Waals surface area contributed by atoms with E-state index in [1.165, 1.54) is 89.9 Å². The van der Waals surface area contributed by atoms with Crippen molar-refractivity contribution in [1.82, 2.24) is 0 Å². The molecule has 0 radical (unpaired) electrons. The van der Waals surface area contributed by atoms with Crippen molar-refractivity contribution in [3.05, 3.63) is 59.2 Å². The first-order valence-electron chi connectivity index (χ1n) is 17.0. The average Bonchev–Trinajstić information content (AvgIpc) is 2.98. The lowest BCUT2D eigenvalue weighted by atomic mass is 9.61. The fraction of sp³-hybridized carbons (Fsp3) is 0.684. The van der Waals surface area contributed by atoms with Gasteiger partial charge in [0.25, 0.3) is 0 Å². The van der Waals surface area contributed by atoms with E-state index in [2.05, 4.69) is 32.9 Å². The van der Waals surface area contributed by atoms with Crippen LogP contribution in [0, 0.1) is 35.3 Å². The molecule has 0 N–H and O–H groups in total. The van der Waals surface area contributed by atoms with E-state index in [9.17, 15) is 0 Å². The molecule has 0 bridgehead atoms. The van der Waals surface area contributed by atoms with Crippen LogP contribution >= 0.6 is 0 Å². The summed E-state index contributed by atoms with van der Waals surface area (Å²) in [7, 11) is 0. The second-order valence-electron chi connectivity index (χ2n) is 14.0. The number of rotatable bonds is 9. The predicted molar refractivity (Wildman–Crippen MR) is 166 cm³/mol. The molecule has 220 valence electrons. The Bertz CT molecular complexity index is 1080. The molecule has 3 saturated carbocycles. The Morgan fingerprint density at radius 2 is 1.32 bits per heavy atom. The molecule has 0 nitrogen and oxygen atoms in total. The highest BCUT2D eigenvalue weighted by atomic mass is 19.1. The molecule has 1 atom stereocenters. The van der Waals surface area contributed by atoms with Gasteiger partial charge in [-0.15, -0.1) is 0 Å². The van der Waals surface area contributed by atoms with Gasteiger partial charge in [0.2, 0.25) is 0 Å². The molecule has 2 aromatic carbocycles. The lowest BCUT2D eigenvalue weighted by molar-refractivity contribution is 0.156. The fourth-order valence-corrected chi connectivity index (χ4v) is 9.29. The summed E-state index contributed by atoms with van der Waals surface area (Å²) in [6.45, 7) is 6.91. The summed E-state index contributed by atoms with van der Waals surface area (Å²) in [5, 5.41) is 0. The van der Waals surface area contributed by atoms with E-state index in [4.69, 9.17) is 0 Å². The zero-order chi connectivity index (χ0) is 28.1. The summed E-state index contributed by atoms with van der Waals surface area (Å²) >= 11 is 0. The van der Waals surface area contributed by atoms with Crippen molar-refractivity contribution < 1.29 is 8.78 Å². The molecule has 0 saturated heterocycles. The molecule has 0 heterocycles. The second kappa shape index (κ2) is 13.5. The summed E-state index contributed by atoms with van der Waals surface area (Å²) in [5.74, 6) is 3.18. The van der Waals surface area contributed by atoms with Gasteiger partial charge in [0.1, 0.15) is 11.6 Å². The minimum atomic E-state index is -0.271. The van der Waals surface area contributed by atoms with Gasteiger partial charge < -0.3 is 0 Å². The molecule has 0 amide bonds. The van der Waals surface area contributed by atoms with E-state index in [0.717, 1.165) is 48.1 Å². The Hall–Kier alpha value is -1.70. The maximum absolute atomic E-state index is 15.7. The average molecular weight is 549 g/mol. The van der Waals surface area contributed by atoms with Crippen molar-refractivity contribution in [2.24, 2.45) is 23.7 Å².